The normalized spacial score (nSPS) is 11.5. The summed E-state index contributed by atoms with van der Waals surface area (Å²) in [6, 6.07) is 18.6. The molecule has 0 bridgehead atoms. The predicted molar refractivity (Wildman–Crippen MR) is 128 cm³/mol. The molecule has 10 heteroatoms. The van der Waals surface area contributed by atoms with Gasteiger partial charge in [0.2, 0.25) is 5.78 Å². The van der Waals surface area contributed by atoms with Crippen molar-refractivity contribution in [3.05, 3.63) is 102 Å². The van der Waals surface area contributed by atoms with Crippen molar-refractivity contribution in [3.8, 4) is 17.1 Å². The molecule has 0 aliphatic rings. The number of carbonyl (C=O) groups is 3. The maximum absolute atomic E-state index is 13.3. The van der Waals surface area contributed by atoms with Gasteiger partial charge in [0.1, 0.15) is 11.9 Å². The summed E-state index contributed by atoms with van der Waals surface area (Å²) in [5.41, 5.74) is 4.24. The quantitative estimate of drug-likeness (QED) is 0.277. The number of nitrogens with zero attached hydrogens (tertiary/aromatic N) is 3. The van der Waals surface area contributed by atoms with Crippen LogP contribution < -0.4 is 10.8 Å². The molecule has 0 aliphatic carbocycles. The Labute approximate surface area is 205 Å². The van der Waals surface area contributed by atoms with E-state index in [1.54, 1.807) is 18.3 Å². The summed E-state index contributed by atoms with van der Waals surface area (Å²) in [7, 11) is 1.19. The highest BCUT2D eigenvalue weighted by atomic mass is 19.1. The summed E-state index contributed by atoms with van der Waals surface area (Å²) in [5.74, 6) is -2.80. The Morgan fingerprint density at radius 3 is 2.47 bits per heavy atom. The summed E-state index contributed by atoms with van der Waals surface area (Å²) in [4.78, 5) is 47.1. The maximum atomic E-state index is 13.3. The third-order valence-electron chi connectivity index (χ3n) is 5.30. The Hall–Kier alpha value is -4.70. The van der Waals surface area contributed by atoms with Crippen LogP contribution in [0.15, 0.2) is 85.2 Å². The average molecular weight is 487 g/mol. The van der Waals surface area contributed by atoms with E-state index in [1.807, 2.05) is 35.8 Å². The van der Waals surface area contributed by atoms with Crippen molar-refractivity contribution < 1.29 is 23.6 Å². The van der Waals surface area contributed by atoms with Gasteiger partial charge in [0.15, 0.2) is 5.82 Å². The minimum atomic E-state index is -1.25. The van der Waals surface area contributed by atoms with Crippen LogP contribution in [0.25, 0.3) is 17.1 Å². The minimum Gasteiger partial charge on any atom is -0.341 e. The van der Waals surface area contributed by atoms with Gasteiger partial charge in [-0.2, -0.15) is 5.10 Å². The van der Waals surface area contributed by atoms with E-state index in [0.29, 0.717) is 11.3 Å². The molecule has 36 heavy (non-hydrogen) atoms. The third-order valence-corrected chi connectivity index (χ3v) is 5.30. The number of hydrogen-bond acceptors (Lipinski definition) is 6. The first-order chi connectivity index (χ1) is 17.5. The predicted octanol–water partition coefficient (Wildman–Crippen LogP) is 2.66. The van der Waals surface area contributed by atoms with Crippen LogP contribution in [0.1, 0.15) is 15.9 Å². The van der Waals surface area contributed by atoms with E-state index in [2.05, 4.69) is 20.2 Å². The second kappa shape index (κ2) is 11.2. The molecule has 0 fully saturated rings. The largest absolute Gasteiger partial charge is 0.341 e. The molecular formula is C26H22FN5O4. The number of rotatable bonds is 9. The number of hydroxylamine groups is 1. The number of Topliss-reactive ketones (excluding diaryl/α,β-unsaturated/α-hetero) is 1. The van der Waals surface area contributed by atoms with Gasteiger partial charge in [0.25, 0.3) is 5.91 Å². The highest BCUT2D eigenvalue weighted by molar-refractivity contribution is 6.38. The molecule has 0 saturated heterocycles. The molecule has 2 amide bonds. The van der Waals surface area contributed by atoms with Crippen molar-refractivity contribution >= 4 is 17.6 Å². The molecule has 0 unspecified atom stereocenters. The molecule has 4 aromatic rings. The van der Waals surface area contributed by atoms with Crippen LogP contribution >= 0.6 is 0 Å². The van der Waals surface area contributed by atoms with Gasteiger partial charge in [0, 0.05) is 24.4 Å². The first-order valence-corrected chi connectivity index (χ1v) is 10.9. The standard InChI is InChI=1S/C26H22FN5O4/c1-36-31-26(35)23(33)22(16-17-9-11-19(27)12-10-17)29-25(34)20-8-5-14-28-24(20)32-15-13-21(30-32)18-6-3-2-4-7-18/h2-15,22H,16H2,1H3,(H,29,34)(H,31,35)/t22-/m0/s1. The number of hydrogen-bond donors (Lipinski definition) is 2. The molecule has 0 spiro atoms. The Morgan fingerprint density at radius 1 is 1.00 bits per heavy atom. The highest BCUT2D eigenvalue weighted by Gasteiger charge is 2.29. The Kier molecular flexibility index (Phi) is 7.57. The summed E-state index contributed by atoms with van der Waals surface area (Å²) >= 11 is 0. The maximum Gasteiger partial charge on any atom is 0.313 e. The smallest absolute Gasteiger partial charge is 0.313 e. The average Bonchev–Trinajstić information content (AvgIpc) is 3.40. The van der Waals surface area contributed by atoms with Crippen molar-refractivity contribution in [1.29, 1.82) is 0 Å². The molecule has 9 nitrogen and oxygen atoms in total. The lowest BCUT2D eigenvalue weighted by Gasteiger charge is -2.18. The lowest BCUT2D eigenvalue weighted by Crippen LogP contribution is -2.48. The van der Waals surface area contributed by atoms with Crippen LogP contribution in [-0.4, -0.2) is 45.5 Å². The summed E-state index contributed by atoms with van der Waals surface area (Å²) < 4.78 is 14.8. The summed E-state index contributed by atoms with van der Waals surface area (Å²) in [5, 5.41) is 7.13. The monoisotopic (exact) mass is 487 g/mol. The first kappa shape index (κ1) is 24.4. The Bertz CT molecular complexity index is 1370. The fourth-order valence-corrected chi connectivity index (χ4v) is 3.56. The molecule has 1 atom stereocenters. The third kappa shape index (κ3) is 5.68. The van der Waals surface area contributed by atoms with E-state index in [-0.39, 0.29) is 17.8 Å². The van der Waals surface area contributed by atoms with E-state index < -0.39 is 29.5 Å². The lowest BCUT2D eigenvalue weighted by molar-refractivity contribution is -0.145. The van der Waals surface area contributed by atoms with Crippen LogP contribution in [0.4, 0.5) is 4.39 Å². The van der Waals surface area contributed by atoms with Gasteiger partial charge in [0.05, 0.1) is 18.4 Å². The summed E-state index contributed by atoms with van der Waals surface area (Å²) in [6.45, 7) is 0. The number of halogens is 1. The van der Waals surface area contributed by atoms with Gasteiger partial charge in [-0.25, -0.2) is 19.5 Å². The van der Waals surface area contributed by atoms with E-state index in [1.165, 1.54) is 48.3 Å². The van der Waals surface area contributed by atoms with Crippen molar-refractivity contribution in [2.24, 2.45) is 0 Å². The second-order valence-electron chi connectivity index (χ2n) is 7.74. The van der Waals surface area contributed by atoms with Gasteiger partial charge >= 0.3 is 5.91 Å². The van der Waals surface area contributed by atoms with E-state index in [0.717, 1.165) is 5.56 Å². The summed E-state index contributed by atoms with van der Waals surface area (Å²) in [6.07, 6.45) is 3.15. The fraction of sp³-hybridized carbons (Fsp3) is 0.115. The van der Waals surface area contributed by atoms with Gasteiger partial charge in [-0.15, -0.1) is 0 Å². The van der Waals surface area contributed by atoms with Crippen LogP contribution in [0.2, 0.25) is 0 Å². The van der Waals surface area contributed by atoms with Gasteiger partial charge in [-0.1, -0.05) is 42.5 Å². The van der Waals surface area contributed by atoms with Gasteiger partial charge in [-0.3, -0.25) is 19.2 Å². The number of pyridine rings is 1. The van der Waals surface area contributed by atoms with E-state index in [9.17, 15) is 18.8 Å². The Morgan fingerprint density at radius 2 is 1.75 bits per heavy atom. The first-order valence-electron chi connectivity index (χ1n) is 10.9. The molecule has 4 rings (SSSR count). The number of carbonyl (C=O) groups excluding carboxylic acids is 3. The zero-order chi connectivity index (χ0) is 25.5. The number of aromatic nitrogens is 3. The van der Waals surface area contributed by atoms with Crippen molar-refractivity contribution in [3.63, 3.8) is 0 Å². The van der Waals surface area contributed by atoms with Crippen molar-refractivity contribution in [2.75, 3.05) is 7.11 Å². The molecule has 0 saturated carbocycles. The van der Waals surface area contributed by atoms with E-state index in [4.69, 9.17) is 0 Å². The number of nitrogens with one attached hydrogen (secondary N) is 2. The molecule has 2 aromatic carbocycles. The van der Waals surface area contributed by atoms with Crippen molar-refractivity contribution in [1.82, 2.24) is 25.6 Å². The molecule has 2 heterocycles. The Balaban J connectivity index is 1.61. The lowest BCUT2D eigenvalue weighted by atomic mass is 10.0. The number of amides is 2. The van der Waals surface area contributed by atoms with Crippen LogP contribution in [-0.2, 0) is 20.8 Å². The zero-order valence-electron chi connectivity index (χ0n) is 19.2. The molecular weight excluding hydrogens is 465 g/mol. The topological polar surface area (TPSA) is 115 Å². The van der Waals surface area contributed by atoms with Crippen LogP contribution in [0.3, 0.4) is 0 Å². The number of ketones is 1. The second-order valence-corrected chi connectivity index (χ2v) is 7.74. The SMILES string of the molecule is CONC(=O)C(=O)[C@H](Cc1ccc(F)cc1)NC(=O)c1cccnc1-n1ccc(-c2ccccc2)n1. The van der Waals surface area contributed by atoms with Crippen LogP contribution in [0.5, 0.6) is 0 Å². The highest BCUT2D eigenvalue weighted by Crippen LogP contribution is 2.19. The number of benzene rings is 2. The molecule has 0 aliphatic heterocycles. The molecule has 182 valence electrons. The van der Waals surface area contributed by atoms with Gasteiger partial charge < -0.3 is 5.32 Å². The molecule has 0 radical (unpaired) electrons. The fourth-order valence-electron chi connectivity index (χ4n) is 3.56. The van der Waals surface area contributed by atoms with Gasteiger partial charge in [-0.05, 0) is 35.9 Å². The molecule has 2 N–H and O–H groups in total. The van der Waals surface area contributed by atoms with Crippen molar-refractivity contribution in [2.45, 2.75) is 12.5 Å². The van der Waals surface area contributed by atoms with Crippen LogP contribution in [0, 0.1) is 5.82 Å². The minimum absolute atomic E-state index is 0.0441. The molecule has 2 aromatic heterocycles. The zero-order valence-corrected chi connectivity index (χ0v) is 19.2. The van der Waals surface area contributed by atoms with E-state index >= 15 is 0 Å².